The van der Waals surface area contributed by atoms with Gasteiger partial charge in [-0.25, -0.2) is 5.43 Å². The van der Waals surface area contributed by atoms with Crippen LogP contribution < -0.4 is 15.5 Å². The minimum absolute atomic E-state index is 0.352. The lowest BCUT2D eigenvalue weighted by Gasteiger charge is -2.25. The number of hydrazone groups is 1. The number of hydrogen-bond donors (Lipinski definition) is 2. The molecule has 2 aromatic rings. The summed E-state index contributed by atoms with van der Waals surface area (Å²) in [5.74, 6) is -0.382. The van der Waals surface area contributed by atoms with Crippen molar-refractivity contribution < 1.29 is 14.3 Å². The van der Waals surface area contributed by atoms with Crippen molar-refractivity contribution in [2.75, 3.05) is 0 Å². The van der Waals surface area contributed by atoms with Gasteiger partial charge in [-0.05, 0) is 42.0 Å². The molecule has 1 heterocycles. The van der Waals surface area contributed by atoms with Crippen LogP contribution in [0.15, 0.2) is 53.9 Å². The molecule has 142 valence electrons. The Hall–Kier alpha value is -2.35. The fraction of sp³-hybridized carbons (Fsp3) is 0.176. The maximum atomic E-state index is 11.8. The Kier molecular flexibility index (Phi) is 7.41. The highest BCUT2D eigenvalue weighted by Gasteiger charge is 2.35. The zero-order valence-corrected chi connectivity index (χ0v) is 16.3. The van der Waals surface area contributed by atoms with Gasteiger partial charge < -0.3 is 10.1 Å². The van der Waals surface area contributed by atoms with Crippen molar-refractivity contribution in [2.45, 2.75) is 16.9 Å². The summed E-state index contributed by atoms with van der Waals surface area (Å²) in [7, 11) is 0. The van der Waals surface area contributed by atoms with E-state index >= 15 is 0 Å². The number of nitrogens with zero attached hydrogens (tertiary/aromatic N) is 2. The molecule has 2 N–H and O–H groups in total. The van der Waals surface area contributed by atoms with Gasteiger partial charge in [-0.3, -0.25) is 14.6 Å². The predicted octanol–water partition coefficient (Wildman–Crippen LogP) is 3.06. The van der Waals surface area contributed by atoms with Crippen LogP contribution in [0.4, 0.5) is 0 Å². The van der Waals surface area contributed by atoms with Crippen LogP contribution in [0.2, 0.25) is 0 Å². The summed E-state index contributed by atoms with van der Waals surface area (Å²) in [6.07, 6.45) is 3.34. The monoisotopic (exact) mass is 428 g/mol. The topological polar surface area (TPSA) is 92.7 Å². The van der Waals surface area contributed by atoms with Crippen molar-refractivity contribution in [1.29, 1.82) is 0 Å². The molecular weight excluding hydrogens is 415 g/mol. The molecule has 0 aliphatic heterocycles. The summed E-state index contributed by atoms with van der Waals surface area (Å²) < 4.78 is 3.65. The van der Waals surface area contributed by atoms with Crippen LogP contribution in [0.25, 0.3) is 0 Å². The number of rotatable bonds is 6. The summed E-state index contributed by atoms with van der Waals surface area (Å²) >= 11 is 17.4. The first-order valence-electron chi connectivity index (χ1n) is 7.59. The first-order valence-corrected chi connectivity index (χ1v) is 8.73. The second kappa shape index (κ2) is 9.55. The van der Waals surface area contributed by atoms with Gasteiger partial charge in [0.1, 0.15) is 5.75 Å². The van der Waals surface area contributed by atoms with E-state index in [9.17, 15) is 9.59 Å². The van der Waals surface area contributed by atoms with Gasteiger partial charge in [0, 0.05) is 24.9 Å². The Morgan fingerprint density at radius 3 is 2.33 bits per heavy atom. The van der Waals surface area contributed by atoms with E-state index in [2.05, 4.69) is 20.8 Å². The molecule has 2 amide bonds. The van der Waals surface area contributed by atoms with Gasteiger partial charge in [-0.2, -0.15) is 5.10 Å². The molecule has 0 spiro atoms. The fourth-order valence-electron chi connectivity index (χ4n) is 1.86. The third-order valence-corrected chi connectivity index (χ3v) is 3.68. The Labute approximate surface area is 170 Å². The highest BCUT2D eigenvalue weighted by atomic mass is 35.6. The van der Waals surface area contributed by atoms with E-state index in [1.807, 2.05) is 0 Å². The van der Waals surface area contributed by atoms with E-state index < -0.39 is 15.9 Å². The third kappa shape index (κ3) is 7.05. The van der Waals surface area contributed by atoms with Gasteiger partial charge in [0.05, 0.1) is 6.21 Å². The summed E-state index contributed by atoms with van der Waals surface area (Å²) in [6.45, 7) is 1.28. The molecule has 1 aromatic heterocycles. The van der Waals surface area contributed by atoms with Crippen LogP contribution in [0.3, 0.4) is 0 Å². The van der Waals surface area contributed by atoms with E-state index in [1.165, 1.54) is 25.5 Å². The third-order valence-electron chi connectivity index (χ3n) is 3.09. The lowest BCUT2D eigenvalue weighted by molar-refractivity contribution is -0.121. The van der Waals surface area contributed by atoms with Crippen molar-refractivity contribution in [2.24, 2.45) is 5.10 Å². The zero-order chi connectivity index (χ0) is 19.9. The van der Waals surface area contributed by atoms with E-state index in [-0.39, 0.29) is 5.91 Å². The van der Waals surface area contributed by atoms with Gasteiger partial charge in [-0.1, -0.05) is 34.8 Å². The molecule has 0 bridgehead atoms. The SMILES string of the molecule is CC(=O)NC(Oc1ccc(C=NNC(=O)c2ccncc2)cc1)C(Cl)(Cl)Cl. The van der Waals surface area contributed by atoms with Crippen LogP contribution in [0.5, 0.6) is 5.75 Å². The van der Waals surface area contributed by atoms with Crippen LogP contribution in [0.1, 0.15) is 22.8 Å². The van der Waals surface area contributed by atoms with Crippen LogP contribution in [-0.2, 0) is 4.79 Å². The molecule has 0 saturated heterocycles. The Bertz CT molecular complexity index is 808. The molecular formula is C17H15Cl3N4O3. The molecule has 0 aliphatic carbocycles. The smallest absolute Gasteiger partial charge is 0.271 e. The maximum absolute atomic E-state index is 11.8. The van der Waals surface area contributed by atoms with Crippen LogP contribution in [-0.4, -0.2) is 33.0 Å². The number of pyridine rings is 1. The average molecular weight is 430 g/mol. The normalized spacial score (nSPS) is 12.4. The zero-order valence-electron chi connectivity index (χ0n) is 14.0. The number of aromatic nitrogens is 1. The largest absolute Gasteiger partial charge is 0.466 e. The number of alkyl halides is 3. The average Bonchev–Trinajstić information content (AvgIpc) is 2.62. The summed E-state index contributed by atoms with van der Waals surface area (Å²) in [6, 6.07) is 9.73. The Morgan fingerprint density at radius 1 is 1.15 bits per heavy atom. The second-order valence-corrected chi connectivity index (χ2v) is 7.61. The minimum Gasteiger partial charge on any atom is -0.466 e. The number of halogens is 3. The number of hydrogen-bond acceptors (Lipinski definition) is 5. The van der Waals surface area contributed by atoms with Crippen molar-refractivity contribution >= 4 is 52.8 Å². The highest BCUT2D eigenvalue weighted by molar-refractivity contribution is 6.68. The van der Waals surface area contributed by atoms with E-state index in [1.54, 1.807) is 36.4 Å². The molecule has 0 saturated carbocycles. The van der Waals surface area contributed by atoms with Crippen molar-refractivity contribution in [1.82, 2.24) is 15.7 Å². The lowest BCUT2D eigenvalue weighted by Crippen LogP contribution is -2.47. The molecule has 1 atom stereocenters. The number of ether oxygens (including phenoxy) is 1. The van der Waals surface area contributed by atoms with Crippen molar-refractivity contribution in [3.05, 3.63) is 59.9 Å². The Balaban J connectivity index is 1.96. The number of carbonyl (C=O) groups is 2. The molecule has 10 heteroatoms. The summed E-state index contributed by atoms with van der Waals surface area (Å²) in [5, 5.41) is 6.29. The number of benzene rings is 1. The number of carbonyl (C=O) groups excluding carboxylic acids is 2. The molecule has 0 fully saturated rings. The molecule has 1 unspecified atom stereocenters. The molecule has 0 radical (unpaired) electrons. The van der Waals surface area contributed by atoms with Gasteiger partial charge in [-0.15, -0.1) is 0 Å². The number of amides is 2. The molecule has 0 aliphatic rings. The second-order valence-electron chi connectivity index (χ2n) is 5.24. The van der Waals surface area contributed by atoms with E-state index in [0.29, 0.717) is 16.9 Å². The summed E-state index contributed by atoms with van der Waals surface area (Å²) in [5.41, 5.74) is 3.55. The van der Waals surface area contributed by atoms with Gasteiger partial charge in [0.15, 0.2) is 0 Å². The van der Waals surface area contributed by atoms with Gasteiger partial charge in [0.2, 0.25) is 15.9 Å². The minimum atomic E-state index is -1.84. The Morgan fingerprint density at radius 2 is 1.78 bits per heavy atom. The molecule has 2 rings (SSSR count). The fourth-order valence-corrected chi connectivity index (χ4v) is 2.16. The molecule has 27 heavy (non-hydrogen) atoms. The van der Waals surface area contributed by atoms with Gasteiger partial charge >= 0.3 is 0 Å². The highest BCUT2D eigenvalue weighted by Crippen LogP contribution is 2.31. The van der Waals surface area contributed by atoms with E-state index in [4.69, 9.17) is 39.5 Å². The van der Waals surface area contributed by atoms with Crippen molar-refractivity contribution in [3.63, 3.8) is 0 Å². The number of nitrogens with one attached hydrogen (secondary N) is 2. The van der Waals surface area contributed by atoms with Crippen LogP contribution >= 0.6 is 34.8 Å². The first kappa shape index (κ1) is 21.0. The molecule has 7 nitrogen and oxygen atoms in total. The lowest BCUT2D eigenvalue weighted by atomic mass is 10.2. The first-order chi connectivity index (χ1) is 12.8. The quantitative estimate of drug-likeness (QED) is 0.319. The van der Waals surface area contributed by atoms with Gasteiger partial charge in [0.25, 0.3) is 5.91 Å². The van der Waals surface area contributed by atoms with E-state index in [0.717, 1.165) is 0 Å². The van der Waals surface area contributed by atoms with Crippen LogP contribution in [0, 0.1) is 0 Å². The summed E-state index contributed by atoms with van der Waals surface area (Å²) in [4.78, 5) is 26.9. The predicted molar refractivity (Wildman–Crippen MR) is 104 cm³/mol. The standard InChI is InChI=1S/C17H15Cl3N4O3/c1-11(25)23-16(17(18,19)20)27-14-4-2-12(3-5-14)10-22-24-15(26)13-6-8-21-9-7-13/h2-10,16H,1H3,(H,23,25)(H,24,26). The maximum Gasteiger partial charge on any atom is 0.271 e. The molecule has 1 aromatic carbocycles. The van der Waals surface area contributed by atoms with Crippen molar-refractivity contribution in [3.8, 4) is 5.75 Å².